The molecule has 0 fully saturated rings. The molecule has 0 saturated heterocycles. The average molecular weight is 350 g/mol. The molecule has 0 aliphatic rings. The minimum Gasteiger partial charge on any atom is -0.445 e. The van der Waals surface area contributed by atoms with E-state index in [1.54, 1.807) is 24.3 Å². The van der Waals surface area contributed by atoms with Gasteiger partial charge in [-0.2, -0.15) is 0 Å². The van der Waals surface area contributed by atoms with E-state index >= 15 is 0 Å². The van der Waals surface area contributed by atoms with Crippen LogP contribution in [0.4, 0.5) is 4.79 Å². The van der Waals surface area contributed by atoms with Crippen molar-refractivity contribution >= 4 is 17.7 Å². The van der Waals surface area contributed by atoms with Gasteiger partial charge in [0.2, 0.25) is 0 Å². The highest BCUT2D eigenvalue weighted by molar-refractivity contribution is 6.17. The number of hydrogen-bond donors (Lipinski definition) is 3. The third-order valence-electron chi connectivity index (χ3n) is 3.55. The molecule has 2 aromatic carbocycles. The Morgan fingerprint density at radius 3 is 2.46 bits per heavy atom. The Hall–Kier alpha value is -2.08. The molecule has 0 radical (unpaired) electrons. The van der Waals surface area contributed by atoms with Gasteiger partial charge in [-0.15, -0.1) is 11.6 Å². The van der Waals surface area contributed by atoms with Crippen LogP contribution in [0.25, 0.3) is 0 Å². The van der Waals surface area contributed by atoms with Crippen molar-refractivity contribution in [2.75, 3.05) is 6.54 Å². The van der Waals surface area contributed by atoms with Crippen LogP contribution in [0.1, 0.15) is 22.8 Å². The van der Waals surface area contributed by atoms with Gasteiger partial charge in [0.15, 0.2) is 0 Å². The summed E-state index contributed by atoms with van der Waals surface area (Å²) in [6.07, 6.45) is -2.97. The summed E-state index contributed by atoms with van der Waals surface area (Å²) >= 11 is 5.83. The maximum Gasteiger partial charge on any atom is 0.407 e. The van der Waals surface area contributed by atoms with Gasteiger partial charge in [0.25, 0.3) is 0 Å². The second-order valence-electron chi connectivity index (χ2n) is 5.29. The molecule has 3 N–H and O–H groups in total. The highest BCUT2D eigenvalue weighted by Crippen LogP contribution is 2.22. The largest absolute Gasteiger partial charge is 0.445 e. The van der Waals surface area contributed by atoms with Crippen molar-refractivity contribution in [3.8, 4) is 0 Å². The van der Waals surface area contributed by atoms with Crippen LogP contribution in [-0.4, -0.2) is 29.0 Å². The van der Waals surface area contributed by atoms with Crippen LogP contribution in [0.2, 0.25) is 0 Å². The first kappa shape index (κ1) is 18.3. The van der Waals surface area contributed by atoms with E-state index in [1.165, 1.54) is 0 Å². The van der Waals surface area contributed by atoms with Crippen molar-refractivity contribution < 1.29 is 19.7 Å². The van der Waals surface area contributed by atoms with Crippen molar-refractivity contribution in [2.45, 2.75) is 24.7 Å². The third-order valence-corrected chi connectivity index (χ3v) is 3.84. The van der Waals surface area contributed by atoms with E-state index in [1.807, 2.05) is 30.3 Å². The molecule has 6 heteroatoms. The number of ether oxygens (including phenoxy) is 1. The molecule has 2 atom stereocenters. The molecule has 5 nitrogen and oxygen atoms in total. The van der Waals surface area contributed by atoms with Crippen LogP contribution in [-0.2, 0) is 17.2 Å². The lowest BCUT2D eigenvalue weighted by atomic mass is 9.99. The summed E-state index contributed by atoms with van der Waals surface area (Å²) in [5, 5.41) is 22.7. The van der Waals surface area contributed by atoms with Crippen LogP contribution >= 0.6 is 11.6 Å². The van der Waals surface area contributed by atoms with E-state index in [0.29, 0.717) is 5.56 Å². The van der Waals surface area contributed by atoms with E-state index < -0.39 is 18.3 Å². The van der Waals surface area contributed by atoms with Crippen LogP contribution in [0.15, 0.2) is 54.6 Å². The smallest absolute Gasteiger partial charge is 0.407 e. The summed E-state index contributed by atoms with van der Waals surface area (Å²) in [6, 6.07) is 16.3. The minimum atomic E-state index is -1.17. The molecule has 0 saturated carbocycles. The van der Waals surface area contributed by atoms with E-state index in [9.17, 15) is 15.0 Å². The fourth-order valence-electron chi connectivity index (χ4n) is 2.23. The van der Waals surface area contributed by atoms with Crippen LogP contribution in [0, 0.1) is 0 Å². The molecule has 1 amide bonds. The summed E-state index contributed by atoms with van der Waals surface area (Å²) in [7, 11) is 0. The lowest BCUT2D eigenvalue weighted by Crippen LogP contribution is -2.36. The number of carbonyl (C=O) groups is 1. The maximum atomic E-state index is 11.7. The predicted molar refractivity (Wildman–Crippen MR) is 91.6 cm³/mol. The van der Waals surface area contributed by atoms with Gasteiger partial charge in [-0.3, -0.25) is 0 Å². The highest BCUT2D eigenvalue weighted by atomic mass is 35.5. The van der Waals surface area contributed by atoms with Gasteiger partial charge < -0.3 is 20.3 Å². The Morgan fingerprint density at radius 1 is 1.08 bits per heavy atom. The number of alkyl carbamates (subject to hydrolysis) is 1. The molecule has 128 valence electrons. The number of amides is 1. The molecule has 24 heavy (non-hydrogen) atoms. The predicted octanol–water partition coefficient (Wildman–Crippen LogP) is 2.75. The van der Waals surface area contributed by atoms with Gasteiger partial charge >= 0.3 is 6.09 Å². The zero-order valence-corrected chi connectivity index (χ0v) is 13.8. The molecule has 0 heterocycles. The fourth-order valence-corrected chi connectivity index (χ4v) is 2.47. The molecule has 0 bridgehead atoms. The molecule has 2 rings (SSSR count). The number of aliphatic hydroxyl groups excluding tert-OH is 2. The summed E-state index contributed by atoms with van der Waals surface area (Å²) in [6.45, 7) is 0.00577. The minimum absolute atomic E-state index is 0.134. The number of alkyl halides is 1. The van der Waals surface area contributed by atoms with Crippen molar-refractivity contribution in [1.29, 1.82) is 0 Å². The standard InChI is InChI=1S/C18H20ClNO4/c19-10-14-8-4-5-9-15(14)17(22)16(21)11-20-18(23)24-12-13-6-2-1-3-7-13/h1-9,16-17,21-22H,10-12H2,(H,20,23). The topological polar surface area (TPSA) is 78.8 Å². The molecule has 2 aromatic rings. The van der Waals surface area contributed by atoms with Crippen LogP contribution in [0.3, 0.4) is 0 Å². The van der Waals surface area contributed by atoms with Gasteiger partial charge in [-0.05, 0) is 16.7 Å². The quantitative estimate of drug-likeness (QED) is 0.672. The SMILES string of the molecule is O=C(NCC(O)C(O)c1ccccc1CCl)OCc1ccccc1. The number of rotatable bonds is 7. The normalized spacial score (nSPS) is 13.1. The highest BCUT2D eigenvalue weighted by Gasteiger charge is 2.21. The number of benzene rings is 2. The first-order valence-corrected chi connectivity index (χ1v) is 8.09. The molecule has 0 aromatic heterocycles. The fraction of sp³-hybridized carbons (Fsp3) is 0.278. The third kappa shape index (κ3) is 5.23. The first-order chi connectivity index (χ1) is 11.6. The monoisotopic (exact) mass is 349 g/mol. The second-order valence-corrected chi connectivity index (χ2v) is 5.55. The Morgan fingerprint density at radius 2 is 1.75 bits per heavy atom. The lowest BCUT2D eigenvalue weighted by molar-refractivity contribution is 0.0180. The summed E-state index contributed by atoms with van der Waals surface area (Å²) in [4.78, 5) is 11.7. The molecular formula is C18H20ClNO4. The first-order valence-electron chi connectivity index (χ1n) is 7.56. The zero-order valence-electron chi connectivity index (χ0n) is 13.1. The molecule has 0 spiro atoms. The number of hydrogen-bond acceptors (Lipinski definition) is 4. The number of halogens is 1. The van der Waals surface area contributed by atoms with Gasteiger partial charge in [0.1, 0.15) is 18.8 Å². The van der Waals surface area contributed by atoms with Gasteiger partial charge in [-0.1, -0.05) is 54.6 Å². The van der Waals surface area contributed by atoms with E-state index in [-0.39, 0.29) is 19.0 Å². The van der Waals surface area contributed by atoms with Crippen molar-refractivity contribution in [3.63, 3.8) is 0 Å². The summed E-state index contributed by atoms with van der Waals surface area (Å²) < 4.78 is 5.04. The number of nitrogens with one attached hydrogen (secondary N) is 1. The van der Waals surface area contributed by atoms with E-state index in [4.69, 9.17) is 16.3 Å². The maximum absolute atomic E-state index is 11.7. The summed E-state index contributed by atoms with van der Waals surface area (Å²) in [5.74, 6) is 0.229. The second kappa shape index (κ2) is 9.27. The Kier molecular flexibility index (Phi) is 7.06. The average Bonchev–Trinajstić information content (AvgIpc) is 2.64. The van der Waals surface area contributed by atoms with E-state index in [0.717, 1.165) is 11.1 Å². The zero-order chi connectivity index (χ0) is 17.4. The van der Waals surface area contributed by atoms with Gasteiger partial charge in [0, 0.05) is 12.4 Å². The van der Waals surface area contributed by atoms with Crippen LogP contribution < -0.4 is 5.32 Å². The van der Waals surface area contributed by atoms with Crippen molar-refractivity contribution in [2.24, 2.45) is 0 Å². The lowest BCUT2D eigenvalue weighted by Gasteiger charge is -2.20. The Balaban J connectivity index is 1.81. The molecule has 0 aliphatic carbocycles. The Labute approximate surface area is 145 Å². The van der Waals surface area contributed by atoms with Crippen molar-refractivity contribution in [1.82, 2.24) is 5.32 Å². The number of aliphatic hydroxyl groups is 2. The van der Waals surface area contributed by atoms with Crippen LogP contribution in [0.5, 0.6) is 0 Å². The summed E-state index contributed by atoms with van der Waals surface area (Å²) in [5.41, 5.74) is 2.14. The number of carbonyl (C=O) groups excluding carboxylic acids is 1. The molecule has 2 unspecified atom stereocenters. The van der Waals surface area contributed by atoms with Gasteiger partial charge in [-0.25, -0.2) is 4.79 Å². The molecule has 0 aliphatic heterocycles. The molecular weight excluding hydrogens is 330 g/mol. The van der Waals surface area contributed by atoms with Gasteiger partial charge in [0.05, 0.1) is 0 Å². The van der Waals surface area contributed by atoms with E-state index in [2.05, 4.69) is 5.32 Å². The Bertz CT molecular complexity index is 650. The van der Waals surface area contributed by atoms with Crippen molar-refractivity contribution in [3.05, 3.63) is 71.3 Å².